The molecule has 1 rings (SSSR count). The first-order chi connectivity index (χ1) is 6.65. The molecule has 0 aromatic heterocycles. The molecular weight excluding hydrogens is 178 g/mol. The second-order valence-corrected chi connectivity index (χ2v) is 4.58. The first-order valence-corrected chi connectivity index (χ1v) is 5.64. The van der Waals surface area contributed by atoms with E-state index in [4.69, 9.17) is 5.11 Å². The van der Waals surface area contributed by atoms with Crippen LogP contribution < -0.4 is 0 Å². The van der Waals surface area contributed by atoms with Gasteiger partial charge >= 0.3 is 0 Å². The van der Waals surface area contributed by atoms with Crippen molar-refractivity contribution in [2.45, 2.75) is 44.8 Å². The maximum absolute atomic E-state index is 9.78. The lowest BCUT2D eigenvalue weighted by molar-refractivity contribution is 0.0381. The number of hydrogen-bond donors (Lipinski definition) is 2. The quantitative estimate of drug-likeness (QED) is 0.708. The number of likely N-dealkylation sites (N-methyl/N-ethyl adjacent to an activating group) is 1. The van der Waals surface area contributed by atoms with Crippen LogP contribution in [-0.2, 0) is 0 Å². The van der Waals surface area contributed by atoms with Crippen LogP contribution in [0.4, 0.5) is 0 Å². The standard InChI is InChI=1S/C11H23NO2/c1-9(8-13)12(2)7-10-5-3-4-6-11(10)14/h9-11,13-14H,3-8H2,1-2H3. The molecule has 1 fully saturated rings. The smallest absolute Gasteiger partial charge is 0.0584 e. The third-order valence-electron chi connectivity index (χ3n) is 3.41. The molecule has 3 heteroatoms. The molecule has 3 atom stereocenters. The molecule has 0 amide bonds. The van der Waals surface area contributed by atoms with Gasteiger partial charge in [0, 0.05) is 12.6 Å². The minimum atomic E-state index is -0.128. The Balaban J connectivity index is 2.34. The molecule has 1 saturated carbocycles. The van der Waals surface area contributed by atoms with Crippen molar-refractivity contribution in [2.24, 2.45) is 5.92 Å². The summed E-state index contributed by atoms with van der Waals surface area (Å²) in [6.07, 6.45) is 4.35. The van der Waals surface area contributed by atoms with Gasteiger partial charge in [0.25, 0.3) is 0 Å². The Bertz CT molecular complexity index is 163. The van der Waals surface area contributed by atoms with E-state index in [1.165, 1.54) is 6.42 Å². The van der Waals surface area contributed by atoms with Crippen molar-refractivity contribution in [2.75, 3.05) is 20.2 Å². The fourth-order valence-electron chi connectivity index (χ4n) is 2.09. The van der Waals surface area contributed by atoms with Gasteiger partial charge in [0.05, 0.1) is 12.7 Å². The second-order valence-electron chi connectivity index (χ2n) is 4.58. The van der Waals surface area contributed by atoms with Gasteiger partial charge < -0.3 is 15.1 Å². The summed E-state index contributed by atoms with van der Waals surface area (Å²) < 4.78 is 0. The molecule has 1 aliphatic carbocycles. The van der Waals surface area contributed by atoms with Gasteiger partial charge in [-0.1, -0.05) is 12.8 Å². The summed E-state index contributed by atoms with van der Waals surface area (Å²) in [7, 11) is 2.02. The van der Waals surface area contributed by atoms with Crippen LogP contribution in [0, 0.1) is 5.92 Å². The van der Waals surface area contributed by atoms with Gasteiger partial charge in [0.2, 0.25) is 0 Å². The third kappa shape index (κ3) is 3.23. The molecule has 84 valence electrons. The fourth-order valence-corrected chi connectivity index (χ4v) is 2.09. The summed E-state index contributed by atoms with van der Waals surface area (Å²) in [5.74, 6) is 0.405. The van der Waals surface area contributed by atoms with E-state index in [0.29, 0.717) is 5.92 Å². The summed E-state index contributed by atoms with van der Waals surface area (Å²) in [5, 5.41) is 18.8. The van der Waals surface area contributed by atoms with Gasteiger partial charge in [0.15, 0.2) is 0 Å². The van der Waals surface area contributed by atoms with Gasteiger partial charge in [-0.25, -0.2) is 0 Å². The maximum atomic E-state index is 9.78. The summed E-state index contributed by atoms with van der Waals surface area (Å²) in [5.41, 5.74) is 0. The zero-order chi connectivity index (χ0) is 10.6. The van der Waals surface area contributed by atoms with Crippen LogP contribution in [0.2, 0.25) is 0 Å². The lowest BCUT2D eigenvalue weighted by atomic mass is 9.86. The molecule has 14 heavy (non-hydrogen) atoms. The number of aliphatic hydroxyl groups excluding tert-OH is 2. The van der Waals surface area contributed by atoms with Gasteiger partial charge in [-0.05, 0) is 32.7 Å². The van der Waals surface area contributed by atoms with Crippen LogP contribution in [0.5, 0.6) is 0 Å². The highest BCUT2D eigenvalue weighted by Gasteiger charge is 2.25. The molecule has 0 saturated heterocycles. The van der Waals surface area contributed by atoms with E-state index in [1.54, 1.807) is 0 Å². The predicted octanol–water partition coefficient (Wildman–Crippen LogP) is 0.850. The minimum Gasteiger partial charge on any atom is -0.395 e. The number of rotatable bonds is 4. The van der Waals surface area contributed by atoms with E-state index in [0.717, 1.165) is 25.8 Å². The zero-order valence-corrected chi connectivity index (χ0v) is 9.32. The summed E-state index contributed by atoms with van der Waals surface area (Å²) in [4.78, 5) is 2.14. The Morgan fingerprint density at radius 1 is 1.36 bits per heavy atom. The Labute approximate surface area is 86.7 Å². The molecule has 0 heterocycles. The minimum absolute atomic E-state index is 0.128. The fraction of sp³-hybridized carbons (Fsp3) is 1.00. The van der Waals surface area contributed by atoms with Gasteiger partial charge in [-0.15, -0.1) is 0 Å². The van der Waals surface area contributed by atoms with Gasteiger partial charge in [0.1, 0.15) is 0 Å². The van der Waals surface area contributed by atoms with E-state index in [1.807, 2.05) is 14.0 Å². The largest absolute Gasteiger partial charge is 0.395 e. The Morgan fingerprint density at radius 3 is 2.57 bits per heavy atom. The van der Waals surface area contributed by atoms with Crippen molar-refractivity contribution in [3.8, 4) is 0 Å². The van der Waals surface area contributed by atoms with E-state index in [9.17, 15) is 5.11 Å². The molecule has 0 aliphatic heterocycles. The Hall–Kier alpha value is -0.120. The van der Waals surface area contributed by atoms with Crippen LogP contribution in [0.15, 0.2) is 0 Å². The van der Waals surface area contributed by atoms with Crippen molar-refractivity contribution >= 4 is 0 Å². The van der Waals surface area contributed by atoms with Crippen molar-refractivity contribution in [1.29, 1.82) is 0 Å². The lowest BCUT2D eigenvalue weighted by Gasteiger charge is -2.33. The highest BCUT2D eigenvalue weighted by molar-refractivity contribution is 4.78. The number of aliphatic hydroxyl groups is 2. The predicted molar refractivity (Wildman–Crippen MR) is 57.1 cm³/mol. The third-order valence-corrected chi connectivity index (χ3v) is 3.41. The van der Waals surface area contributed by atoms with Crippen molar-refractivity contribution in [3.05, 3.63) is 0 Å². The van der Waals surface area contributed by atoms with E-state index >= 15 is 0 Å². The van der Waals surface area contributed by atoms with Crippen molar-refractivity contribution in [1.82, 2.24) is 4.90 Å². The summed E-state index contributed by atoms with van der Waals surface area (Å²) in [6, 6.07) is 0.198. The molecule has 0 aromatic rings. The average Bonchev–Trinajstić information content (AvgIpc) is 2.20. The van der Waals surface area contributed by atoms with Crippen molar-refractivity contribution < 1.29 is 10.2 Å². The Morgan fingerprint density at radius 2 is 2.00 bits per heavy atom. The molecule has 0 radical (unpaired) electrons. The van der Waals surface area contributed by atoms with Crippen molar-refractivity contribution in [3.63, 3.8) is 0 Å². The summed E-state index contributed by atoms with van der Waals surface area (Å²) >= 11 is 0. The Kier molecular flexibility index (Phi) is 4.85. The second kappa shape index (κ2) is 5.69. The maximum Gasteiger partial charge on any atom is 0.0584 e. The van der Waals surface area contributed by atoms with Crippen LogP contribution in [-0.4, -0.2) is 47.5 Å². The van der Waals surface area contributed by atoms with E-state index in [2.05, 4.69) is 4.90 Å². The van der Waals surface area contributed by atoms with Crippen LogP contribution in [0.25, 0.3) is 0 Å². The average molecular weight is 201 g/mol. The highest BCUT2D eigenvalue weighted by Crippen LogP contribution is 2.25. The number of hydrogen-bond acceptors (Lipinski definition) is 3. The van der Waals surface area contributed by atoms with E-state index < -0.39 is 0 Å². The summed E-state index contributed by atoms with van der Waals surface area (Å²) in [6.45, 7) is 3.11. The molecule has 1 aliphatic rings. The molecule has 0 aromatic carbocycles. The first-order valence-electron chi connectivity index (χ1n) is 5.64. The van der Waals surface area contributed by atoms with E-state index in [-0.39, 0.29) is 18.8 Å². The SMILES string of the molecule is CC(CO)N(C)CC1CCCCC1O. The van der Waals surface area contributed by atoms with Gasteiger partial charge in [-0.3, -0.25) is 0 Å². The zero-order valence-electron chi connectivity index (χ0n) is 9.32. The first kappa shape index (κ1) is 12.0. The van der Waals surface area contributed by atoms with Crippen LogP contribution >= 0.6 is 0 Å². The highest BCUT2D eigenvalue weighted by atomic mass is 16.3. The topological polar surface area (TPSA) is 43.7 Å². The molecule has 0 spiro atoms. The monoisotopic (exact) mass is 201 g/mol. The molecule has 0 bridgehead atoms. The van der Waals surface area contributed by atoms with Gasteiger partial charge in [-0.2, -0.15) is 0 Å². The van der Waals surface area contributed by atoms with Crippen LogP contribution in [0.3, 0.4) is 0 Å². The lowest BCUT2D eigenvalue weighted by Crippen LogP contribution is -2.40. The molecule has 3 unspecified atom stereocenters. The number of nitrogens with zero attached hydrogens (tertiary/aromatic N) is 1. The molecule has 3 nitrogen and oxygen atoms in total. The molecule has 2 N–H and O–H groups in total. The molecular formula is C11H23NO2. The normalized spacial score (nSPS) is 30.6. The van der Waals surface area contributed by atoms with Crippen LogP contribution in [0.1, 0.15) is 32.6 Å².